The van der Waals surface area contributed by atoms with Crippen LogP contribution < -0.4 is 11.1 Å². The SMILES string of the molecule is C[C@@H](NC(=O)CCCn1c(=O)oc2ccccc21)c1ccco1. The maximum Gasteiger partial charge on any atom is 0.419 e. The number of amides is 1. The van der Waals surface area contributed by atoms with Crippen LogP contribution in [0, 0.1) is 0 Å². The zero-order valence-corrected chi connectivity index (χ0v) is 12.8. The first-order valence-corrected chi connectivity index (χ1v) is 7.56. The number of aromatic nitrogens is 1. The van der Waals surface area contributed by atoms with Crippen molar-refractivity contribution in [1.82, 2.24) is 9.88 Å². The van der Waals surface area contributed by atoms with Gasteiger partial charge in [0.25, 0.3) is 0 Å². The summed E-state index contributed by atoms with van der Waals surface area (Å²) >= 11 is 0. The molecule has 23 heavy (non-hydrogen) atoms. The number of furan rings is 1. The molecule has 3 aromatic rings. The van der Waals surface area contributed by atoms with Crippen LogP contribution in [0.1, 0.15) is 31.6 Å². The summed E-state index contributed by atoms with van der Waals surface area (Å²) in [6.45, 7) is 2.31. The van der Waals surface area contributed by atoms with Crippen LogP contribution in [0.3, 0.4) is 0 Å². The highest BCUT2D eigenvalue weighted by Gasteiger charge is 2.12. The third kappa shape index (κ3) is 3.36. The monoisotopic (exact) mass is 314 g/mol. The summed E-state index contributed by atoms with van der Waals surface area (Å²) in [5.41, 5.74) is 1.32. The molecule has 0 aliphatic carbocycles. The van der Waals surface area contributed by atoms with E-state index >= 15 is 0 Å². The molecule has 0 spiro atoms. The minimum absolute atomic E-state index is 0.0743. The zero-order valence-electron chi connectivity index (χ0n) is 12.8. The van der Waals surface area contributed by atoms with Gasteiger partial charge in [0.05, 0.1) is 17.8 Å². The Kier molecular flexibility index (Phi) is 4.32. The molecule has 0 bridgehead atoms. The van der Waals surface area contributed by atoms with Crippen molar-refractivity contribution >= 4 is 17.0 Å². The van der Waals surface area contributed by atoms with Crippen molar-refractivity contribution in [2.24, 2.45) is 0 Å². The topological polar surface area (TPSA) is 77.4 Å². The van der Waals surface area contributed by atoms with Crippen LogP contribution in [0.2, 0.25) is 0 Å². The van der Waals surface area contributed by atoms with Crippen LogP contribution >= 0.6 is 0 Å². The number of rotatable bonds is 6. The molecule has 0 saturated carbocycles. The van der Waals surface area contributed by atoms with Crippen LogP contribution in [0.4, 0.5) is 0 Å². The number of aryl methyl sites for hydroxylation is 1. The molecule has 1 aromatic carbocycles. The Morgan fingerprint density at radius 2 is 2.09 bits per heavy atom. The predicted molar refractivity (Wildman–Crippen MR) is 85.0 cm³/mol. The molecule has 1 atom stereocenters. The van der Waals surface area contributed by atoms with Gasteiger partial charge in [0.15, 0.2) is 5.58 Å². The van der Waals surface area contributed by atoms with Crippen molar-refractivity contribution in [3.63, 3.8) is 0 Å². The lowest BCUT2D eigenvalue weighted by atomic mass is 10.2. The lowest BCUT2D eigenvalue weighted by Gasteiger charge is -2.11. The average Bonchev–Trinajstić information content (AvgIpc) is 3.16. The molecule has 120 valence electrons. The lowest BCUT2D eigenvalue weighted by Crippen LogP contribution is -2.26. The summed E-state index contributed by atoms with van der Waals surface area (Å²) < 4.78 is 12.0. The van der Waals surface area contributed by atoms with Crippen molar-refractivity contribution in [3.05, 3.63) is 59.0 Å². The fraction of sp³-hybridized carbons (Fsp3) is 0.294. The van der Waals surface area contributed by atoms with Gasteiger partial charge in [-0.25, -0.2) is 4.79 Å². The normalized spacial score (nSPS) is 12.4. The van der Waals surface area contributed by atoms with Crippen LogP contribution in [-0.2, 0) is 11.3 Å². The number of oxazole rings is 1. The third-order valence-electron chi connectivity index (χ3n) is 3.71. The molecule has 2 aromatic heterocycles. The molecular weight excluding hydrogens is 296 g/mol. The number of para-hydroxylation sites is 2. The fourth-order valence-corrected chi connectivity index (χ4v) is 2.55. The summed E-state index contributed by atoms with van der Waals surface area (Å²) in [5, 5.41) is 2.87. The number of fused-ring (bicyclic) bond motifs is 1. The number of carbonyl (C=O) groups is 1. The van der Waals surface area contributed by atoms with Gasteiger partial charge >= 0.3 is 5.76 Å². The van der Waals surface area contributed by atoms with Crippen LogP contribution in [0.5, 0.6) is 0 Å². The Morgan fingerprint density at radius 1 is 1.26 bits per heavy atom. The Hall–Kier alpha value is -2.76. The number of benzene rings is 1. The molecule has 0 aliphatic rings. The van der Waals surface area contributed by atoms with Gasteiger partial charge in [-0.2, -0.15) is 0 Å². The second-order valence-electron chi connectivity index (χ2n) is 5.40. The van der Waals surface area contributed by atoms with E-state index in [1.54, 1.807) is 23.0 Å². The second-order valence-corrected chi connectivity index (χ2v) is 5.40. The van der Waals surface area contributed by atoms with E-state index in [0.29, 0.717) is 25.0 Å². The first-order valence-electron chi connectivity index (χ1n) is 7.56. The Labute approximate surface area is 132 Å². The van der Waals surface area contributed by atoms with E-state index < -0.39 is 5.76 Å². The summed E-state index contributed by atoms with van der Waals surface area (Å²) in [6.07, 6.45) is 2.46. The van der Waals surface area contributed by atoms with E-state index in [-0.39, 0.29) is 11.9 Å². The molecule has 2 heterocycles. The zero-order chi connectivity index (χ0) is 16.2. The first-order chi connectivity index (χ1) is 11.1. The number of carbonyl (C=O) groups excluding carboxylic acids is 1. The molecule has 0 aliphatic heterocycles. The Bertz CT molecular complexity index is 845. The summed E-state index contributed by atoms with van der Waals surface area (Å²) in [5.74, 6) is 0.251. The van der Waals surface area contributed by atoms with Gasteiger partial charge in [0.2, 0.25) is 5.91 Å². The van der Waals surface area contributed by atoms with Crippen molar-refractivity contribution < 1.29 is 13.6 Å². The molecular formula is C17H18N2O4. The van der Waals surface area contributed by atoms with E-state index in [4.69, 9.17) is 8.83 Å². The van der Waals surface area contributed by atoms with Crippen molar-refractivity contribution in [1.29, 1.82) is 0 Å². The minimum Gasteiger partial charge on any atom is -0.467 e. The maximum atomic E-state index is 12.0. The van der Waals surface area contributed by atoms with E-state index in [9.17, 15) is 9.59 Å². The lowest BCUT2D eigenvalue weighted by molar-refractivity contribution is -0.122. The molecule has 0 fully saturated rings. The van der Waals surface area contributed by atoms with Crippen LogP contribution in [0.25, 0.3) is 11.1 Å². The van der Waals surface area contributed by atoms with Crippen LogP contribution in [-0.4, -0.2) is 10.5 Å². The van der Waals surface area contributed by atoms with Gasteiger partial charge in [-0.15, -0.1) is 0 Å². The number of nitrogens with one attached hydrogen (secondary N) is 1. The molecule has 1 amide bonds. The van der Waals surface area contributed by atoms with Gasteiger partial charge in [0.1, 0.15) is 5.76 Å². The highest BCUT2D eigenvalue weighted by molar-refractivity contribution is 5.76. The van der Waals surface area contributed by atoms with E-state index in [1.807, 2.05) is 31.2 Å². The fourth-order valence-electron chi connectivity index (χ4n) is 2.55. The average molecular weight is 314 g/mol. The molecule has 0 unspecified atom stereocenters. The van der Waals surface area contributed by atoms with Gasteiger partial charge in [-0.1, -0.05) is 12.1 Å². The van der Waals surface area contributed by atoms with E-state index in [1.165, 1.54) is 0 Å². The molecule has 0 saturated heterocycles. The van der Waals surface area contributed by atoms with Crippen molar-refractivity contribution in [3.8, 4) is 0 Å². The molecule has 1 N–H and O–H groups in total. The minimum atomic E-state index is -0.393. The molecule has 3 rings (SSSR count). The van der Waals surface area contributed by atoms with Gasteiger partial charge in [-0.3, -0.25) is 9.36 Å². The quantitative estimate of drug-likeness (QED) is 0.759. The molecule has 0 radical (unpaired) electrons. The highest BCUT2D eigenvalue weighted by Crippen LogP contribution is 2.14. The second kappa shape index (κ2) is 6.56. The number of hydrogen-bond donors (Lipinski definition) is 1. The van der Waals surface area contributed by atoms with Gasteiger partial charge in [0, 0.05) is 13.0 Å². The smallest absolute Gasteiger partial charge is 0.419 e. The highest BCUT2D eigenvalue weighted by atomic mass is 16.4. The number of hydrogen-bond acceptors (Lipinski definition) is 4. The summed E-state index contributed by atoms with van der Waals surface area (Å²) in [6, 6.07) is 10.7. The van der Waals surface area contributed by atoms with Crippen molar-refractivity contribution in [2.75, 3.05) is 0 Å². The van der Waals surface area contributed by atoms with Gasteiger partial charge < -0.3 is 14.2 Å². The maximum absolute atomic E-state index is 12.0. The predicted octanol–water partition coefficient (Wildman–Crippen LogP) is 2.85. The largest absolute Gasteiger partial charge is 0.467 e. The van der Waals surface area contributed by atoms with Crippen LogP contribution in [0.15, 0.2) is 56.3 Å². The third-order valence-corrected chi connectivity index (χ3v) is 3.71. The Morgan fingerprint density at radius 3 is 2.87 bits per heavy atom. The van der Waals surface area contributed by atoms with E-state index in [2.05, 4.69) is 5.32 Å². The number of nitrogens with zero attached hydrogens (tertiary/aromatic N) is 1. The molecule has 6 nitrogen and oxygen atoms in total. The summed E-state index contributed by atoms with van der Waals surface area (Å²) in [7, 11) is 0. The van der Waals surface area contributed by atoms with Crippen molar-refractivity contribution in [2.45, 2.75) is 32.4 Å². The first kappa shape index (κ1) is 15.1. The molecule has 6 heteroatoms. The van der Waals surface area contributed by atoms with Gasteiger partial charge in [-0.05, 0) is 37.6 Å². The standard InChI is InChI=1S/C17H18N2O4/c1-12(14-8-5-11-22-14)18-16(20)9-4-10-19-13-6-2-3-7-15(13)23-17(19)21/h2-3,5-8,11-12H,4,9-10H2,1H3,(H,18,20)/t12-/m1/s1. The summed E-state index contributed by atoms with van der Waals surface area (Å²) in [4.78, 5) is 23.8. The van der Waals surface area contributed by atoms with E-state index in [0.717, 1.165) is 11.3 Å². The Balaban J connectivity index is 1.55.